The van der Waals surface area contributed by atoms with E-state index < -0.39 is 0 Å². The van der Waals surface area contributed by atoms with Crippen LogP contribution in [0.3, 0.4) is 0 Å². The molecule has 6 heteroatoms. The maximum absolute atomic E-state index is 12.5. The van der Waals surface area contributed by atoms with Gasteiger partial charge in [0, 0.05) is 31.7 Å². The summed E-state index contributed by atoms with van der Waals surface area (Å²) in [5, 5.41) is 13.0. The molecule has 6 nitrogen and oxygen atoms in total. The Morgan fingerprint density at radius 1 is 1.32 bits per heavy atom. The highest BCUT2D eigenvalue weighted by Gasteiger charge is 2.27. The minimum absolute atomic E-state index is 0.0673. The van der Waals surface area contributed by atoms with Crippen molar-refractivity contribution >= 4 is 5.91 Å². The fourth-order valence-electron chi connectivity index (χ4n) is 3.46. The fraction of sp³-hybridized carbons (Fsp3) is 0.632. The predicted molar refractivity (Wildman–Crippen MR) is 97.2 cm³/mol. The molecule has 0 saturated carbocycles. The number of nitrogens with one attached hydrogen (secondary N) is 1. The van der Waals surface area contributed by atoms with E-state index in [0.717, 1.165) is 39.1 Å². The summed E-state index contributed by atoms with van der Waals surface area (Å²) in [4.78, 5) is 14.9. The van der Waals surface area contributed by atoms with Crippen molar-refractivity contribution in [3.63, 3.8) is 0 Å². The number of carbonyl (C=O) groups excluding carboxylic acids is 1. The molecule has 0 radical (unpaired) electrons. The van der Waals surface area contributed by atoms with Crippen LogP contribution in [0, 0.1) is 5.92 Å². The molecule has 0 spiro atoms. The number of phenols is 1. The molecule has 1 aromatic rings. The predicted octanol–water partition coefficient (Wildman–Crippen LogP) is 2.27. The Hall–Kier alpha value is -1.79. The summed E-state index contributed by atoms with van der Waals surface area (Å²) < 4.78 is 10.5. The Labute approximate surface area is 150 Å². The number of ether oxygens (including phenoxy) is 2. The Bertz CT molecular complexity index is 554. The Morgan fingerprint density at radius 2 is 2.00 bits per heavy atom. The maximum Gasteiger partial charge on any atom is 0.255 e. The molecule has 140 valence electrons. The fourth-order valence-corrected chi connectivity index (χ4v) is 3.46. The Morgan fingerprint density at radius 3 is 2.56 bits per heavy atom. The molecule has 1 fully saturated rings. The van der Waals surface area contributed by atoms with Gasteiger partial charge in [-0.15, -0.1) is 0 Å². The van der Waals surface area contributed by atoms with Gasteiger partial charge in [-0.05, 0) is 18.1 Å². The zero-order chi connectivity index (χ0) is 18.2. The quantitative estimate of drug-likeness (QED) is 0.753. The third-order valence-corrected chi connectivity index (χ3v) is 5.03. The summed E-state index contributed by atoms with van der Waals surface area (Å²) in [6.45, 7) is 8.22. The molecular weight excluding hydrogens is 320 g/mol. The molecule has 25 heavy (non-hydrogen) atoms. The first-order valence-corrected chi connectivity index (χ1v) is 9.07. The van der Waals surface area contributed by atoms with Crippen LogP contribution in [0.25, 0.3) is 0 Å². The van der Waals surface area contributed by atoms with Crippen molar-refractivity contribution in [2.24, 2.45) is 5.92 Å². The van der Waals surface area contributed by atoms with Gasteiger partial charge in [0.25, 0.3) is 5.91 Å². The zero-order valence-electron chi connectivity index (χ0n) is 15.5. The summed E-state index contributed by atoms with van der Waals surface area (Å²) in [6.07, 6.45) is 2.14. The monoisotopic (exact) mass is 350 g/mol. The third-order valence-electron chi connectivity index (χ3n) is 5.03. The summed E-state index contributed by atoms with van der Waals surface area (Å²) in [5.41, 5.74) is 0.270. The van der Waals surface area contributed by atoms with E-state index in [2.05, 4.69) is 24.1 Å². The van der Waals surface area contributed by atoms with Crippen molar-refractivity contribution in [2.45, 2.75) is 32.7 Å². The second-order valence-electron chi connectivity index (χ2n) is 6.39. The first-order valence-electron chi connectivity index (χ1n) is 9.07. The number of hydrogen-bond donors (Lipinski definition) is 2. The average molecular weight is 350 g/mol. The standard InChI is InChI=1S/C19H30N2O4/c1-4-14(5-2)17(21-8-10-25-11-9-21)13-20-19(23)16-7-6-15(24-3)12-18(16)22/h6-7,12,14,17,22H,4-5,8-11,13H2,1-3H3,(H,20,23). The first kappa shape index (κ1) is 19.5. The molecule has 1 saturated heterocycles. The lowest BCUT2D eigenvalue weighted by atomic mass is 9.92. The summed E-state index contributed by atoms with van der Waals surface area (Å²) in [7, 11) is 1.52. The van der Waals surface area contributed by atoms with Crippen molar-refractivity contribution in [2.75, 3.05) is 40.0 Å². The normalized spacial score (nSPS) is 16.6. The lowest BCUT2D eigenvalue weighted by molar-refractivity contribution is 0.00191. The number of phenolic OH excluding ortho intramolecular Hbond substituents is 1. The van der Waals surface area contributed by atoms with Crippen molar-refractivity contribution in [1.29, 1.82) is 0 Å². The van der Waals surface area contributed by atoms with E-state index in [1.165, 1.54) is 13.2 Å². The van der Waals surface area contributed by atoms with Crippen LogP contribution in [0.2, 0.25) is 0 Å². The van der Waals surface area contributed by atoms with E-state index in [-0.39, 0.29) is 23.3 Å². The second-order valence-corrected chi connectivity index (χ2v) is 6.39. The van der Waals surface area contributed by atoms with Crippen molar-refractivity contribution in [3.05, 3.63) is 23.8 Å². The number of aromatic hydroxyl groups is 1. The molecule has 2 rings (SSSR count). The summed E-state index contributed by atoms with van der Waals surface area (Å²) in [6, 6.07) is 5.00. The average Bonchev–Trinajstić information content (AvgIpc) is 2.65. The topological polar surface area (TPSA) is 71.0 Å². The molecule has 1 aliphatic heterocycles. The van der Waals surface area contributed by atoms with Gasteiger partial charge >= 0.3 is 0 Å². The Balaban J connectivity index is 2.04. The number of rotatable bonds is 8. The van der Waals surface area contributed by atoms with Crippen LogP contribution in [-0.2, 0) is 4.74 Å². The number of carbonyl (C=O) groups is 1. The van der Waals surface area contributed by atoms with Crippen molar-refractivity contribution in [3.8, 4) is 11.5 Å². The van der Waals surface area contributed by atoms with E-state index in [1.54, 1.807) is 12.1 Å². The van der Waals surface area contributed by atoms with Crippen LogP contribution >= 0.6 is 0 Å². The minimum atomic E-state index is -0.260. The van der Waals surface area contributed by atoms with Crippen LogP contribution < -0.4 is 10.1 Å². The molecule has 1 heterocycles. The maximum atomic E-state index is 12.5. The molecule has 0 aromatic heterocycles. The minimum Gasteiger partial charge on any atom is -0.507 e. The van der Waals surface area contributed by atoms with E-state index in [9.17, 15) is 9.90 Å². The van der Waals surface area contributed by atoms with Gasteiger partial charge in [-0.25, -0.2) is 0 Å². The van der Waals surface area contributed by atoms with Crippen molar-refractivity contribution in [1.82, 2.24) is 10.2 Å². The second kappa shape index (κ2) is 9.63. The number of amides is 1. The highest BCUT2D eigenvalue weighted by Crippen LogP contribution is 2.24. The van der Waals surface area contributed by atoms with Crippen LogP contribution in [-0.4, -0.2) is 61.9 Å². The molecule has 1 unspecified atom stereocenters. The highest BCUT2D eigenvalue weighted by atomic mass is 16.5. The zero-order valence-corrected chi connectivity index (χ0v) is 15.5. The van der Waals surface area contributed by atoms with Gasteiger partial charge in [0.05, 0.1) is 25.9 Å². The van der Waals surface area contributed by atoms with E-state index >= 15 is 0 Å². The largest absolute Gasteiger partial charge is 0.507 e. The van der Waals surface area contributed by atoms with E-state index in [4.69, 9.17) is 9.47 Å². The molecule has 1 aliphatic rings. The molecule has 0 aliphatic carbocycles. The summed E-state index contributed by atoms with van der Waals surface area (Å²) >= 11 is 0. The van der Waals surface area contributed by atoms with Gasteiger partial charge in [-0.1, -0.05) is 26.7 Å². The third kappa shape index (κ3) is 5.09. The van der Waals surface area contributed by atoms with Crippen LogP contribution in [0.15, 0.2) is 18.2 Å². The number of nitrogens with zero attached hydrogens (tertiary/aromatic N) is 1. The van der Waals surface area contributed by atoms with Crippen molar-refractivity contribution < 1.29 is 19.4 Å². The smallest absolute Gasteiger partial charge is 0.255 e. The number of morpholine rings is 1. The van der Waals surface area contributed by atoms with Gasteiger partial charge in [0.2, 0.25) is 0 Å². The van der Waals surface area contributed by atoms with Crippen LogP contribution in [0.4, 0.5) is 0 Å². The molecular formula is C19H30N2O4. The highest BCUT2D eigenvalue weighted by molar-refractivity contribution is 5.97. The van der Waals surface area contributed by atoms with Gasteiger partial charge in [-0.2, -0.15) is 0 Å². The lowest BCUT2D eigenvalue weighted by Crippen LogP contribution is -2.52. The molecule has 1 amide bonds. The van der Waals surface area contributed by atoms with Gasteiger partial charge in [0.1, 0.15) is 11.5 Å². The number of benzene rings is 1. The SMILES string of the molecule is CCC(CC)C(CNC(=O)c1ccc(OC)cc1O)N1CCOCC1. The van der Waals surface area contributed by atoms with Crippen LogP contribution in [0.1, 0.15) is 37.0 Å². The molecule has 0 bridgehead atoms. The van der Waals surface area contributed by atoms with Gasteiger partial charge in [0.15, 0.2) is 0 Å². The molecule has 1 atom stereocenters. The Kier molecular flexibility index (Phi) is 7.52. The number of methoxy groups -OCH3 is 1. The van der Waals surface area contributed by atoms with E-state index in [0.29, 0.717) is 18.2 Å². The molecule has 2 N–H and O–H groups in total. The van der Waals surface area contributed by atoms with Gasteiger partial charge < -0.3 is 19.9 Å². The lowest BCUT2D eigenvalue weighted by Gasteiger charge is -2.38. The molecule has 1 aromatic carbocycles. The summed E-state index contributed by atoms with van der Waals surface area (Å²) in [5.74, 6) is 0.715. The van der Waals surface area contributed by atoms with E-state index in [1.807, 2.05) is 0 Å². The van der Waals surface area contributed by atoms with Gasteiger partial charge in [-0.3, -0.25) is 9.69 Å². The van der Waals surface area contributed by atoms with Crippen LogP contribution in [0.5, 0.6) is 11.5 Å². The first-order chi connectivity index (χ1) is 12.1. The number of hydrogen-bond acceptors (Lipinski definition) is 5.